The van der Waals surface area contributed by atoms with E-state index in [1.54, 1.807) is 12.1 Å². The Morgan fingerprint density at radius 1 is 0.950 bits per heavy atom. The van der Waals surface area contributed by atoms with Crippen molar-refractivity contribution in [2.75, 3.05) is 0 Å². The Hall–Kier alpha value is -0.930. The molecule has 102 valence electrons. The van der Waals surface area contributed by atoms with Crippen molar-refractivity contribution in [2.24, 2.45) is 0 Å². The Labute approximate surface area is 135 Å². The van der Waals surface area contributed by atoms with E-state index in [0.29, 0.717) is 20.9 Å². The summed E-state index contributed by atoms with van der Waals surface area (Å²) in [5, 5.41) is 1.54. The van der Waals surface area contributed by atoms with Crippen LogP contribution in [-0.4, -0.2) is 9.55 Å². The van der Waals surface area contributed by atoms with E-state index in [0.717, 1.165) is 16.7 Å². The van der Waals surface area contributed by atoms with E-state index in [2.05, 4.69) is 4.98 Å². The molecule has 0 spiro atoms. The molecule has 0 aliphatic carbocycles. The fraction of sp³-hybridized carbons (Fsp3) is 0.0714. The van der Waals surface area contributed by atoms with E-state index in [4.69, 9.17) is 46.4 Å². The lowest BCUT2D eigenvalue weighted by Gasteiger charge is -2.09. The van der Waals surface area contributed by atoms with Crippen molar-refractivity contribution >= 4 is 57.4 Å². The maximum absolute atomic E-state index is 6.27. The first-order chi connectivity index (χ1) is 9.61. The van der Waals surface area contributed by atoms with Gasteiger partial charge in [-0.25, -0.2) is 4.98 Å². The second kappa shape index (κ2) is 5.45. The molecular formula is C14H8Cl4N2. The minimum absolute atomic E-state index is 0.259. The summed E-state index contributed by atoms with van der Waals surface area (Å²) in [6.07, 6.45) is 0. The number of hydrogen-bond donors (Lipinski definition) is 0. The Morgan fingerprint density at radius 3 is 2.35 bits per heavy atom. The average molecular weight is 346 g/mol. The summed E-state index contributed by atoms with van der Waals surface area (Å²) in [4.78, 5) is 4.48. The van der Waals surface area contributed by atoms with Gasteiger partial charge in [-0.1, -0.05) is 46.9 Å². The summed E-state index contributed by atoms with van der Waals surface area (Å²) < 4.78 is 1.90. The number of hydrogen-bond acceptors (Lipinski definition) is 1. The zero-order chi connectivity index (χ0) is 14.3. The van der Waals surface area contributed by atoms with Crippen LogP contribution in [0, 0.1) is 0 Å². The molecule has 20 heavy (non-hydrogen) atoms. The second-order valence-electron chi connectivity index (χ2n) is 4.20. The summed E-state index contributed by atoms with van der Waals surface area (Å²) in [5.41, 5.74) is 2.36. The van der Waals surface area contributed by atoms with Crippen LogP contribution >= 0.6 is 46.4 Å². The molecule has 1 aromatic heterocycles. The van der Waals surface area contributed by atoms with Crippen LogP contribution in [-0.2, 0) is 5.88 Å². The molecule has 0 amide bonds. The van der Waals surface area contributed by atoms with Crippen molar-refractivity contribution in [2.45, 2.75) is 5.88 Å². The third-order valence-corrected chi connectivity index (χ3v) is 4.26. The van der Waals surface area contributed by atoms with E-state index in [1.807, 2.05) is 28.8 Å². The summed E-state index contributed by atoms with van der Waals surface area (Å²) in [5.74, 6) is 0.947. The third kappa shape index (κ3) is 2.27. The normalized spacial score (nSPS) is 11.2. The van der Waals surface area contributed by atoms with Crippen LogP contribution in [0.3, 0.4) is 0 Å². The first-order valence-electron chi connectivity index (χ1n) is 5.79. The molecule has 3 aromatic rings. The average Bonchev–Trinajstić information content (AvgIpc) is 2.77. The van der Waals surface area contributed by atoms with Crippen molar-refractivity contribution < 1.29 is 0 Å². The van der Waals surface area contributed by atoms with Gasteiger partial charge in [0.2, 0.25) is 0 Å². The van der Waals surface area contributed by atoms with E-state index < -0.39 is 0 Å². The number of rotatable bonds is 2. The molecule has 2 aromatic carbocycles. The van der Waals surface area contributed by atoms with Crippen molar-refractivity contribution in [1.29, 1.82) is 0 Å². The molecule has 2 nitrogen and oxygen atoms in total. The van der Waals surface area contributed by atoms with Crippen LogP contribution in [0.4, 0.5) is 0 Å². The molecule has 0 aliphatic rings. The highest BCUT2D eigenvalue weighted by Crippen LogP contribution is 2.32. The molecule has 3 rings (SSSR count). The summed E-state index contributed by atoms with van der Waals surface area (Å²) in [7, 11) is 0. The number of alkyl halides is 1. The highest BCUT2D eigenvalue weighted by atomic mass is 35.5. The number of aromatic nitrogens is 2. The molecule has 0 saturated carbocycles. The second-order valence-corrected chi connectivity index (χ2v) is 5.69. The minimum atomic E-state index is 0.259. The minimum Gasteiger partial charge on any atom is -0.294 e. The van der Waals surface area contributed by atoms with Crippen LogP contribution in [0.1, 0.15) is 5.82 Å². The van der Waals surface area contributed by atoms with Crippen LogP contribution in [0.15, 0.2) is 36.4 Å². The Kier molecular flexibility index (Phi) is 3.83. The SMILES string of the molecule is ClCc1nc2cc(Cl)c(Cl)cc2n1-c1ccccc1Cl. The zero-order valence-corrected chi connectivity index (χ0v) is 13.1. The van der Waals surface area contributed by atoms with Gasteiger partial charge in [0.15, 0.2) is 0 Å². The number of imidazole rings is 1. The first kappa shape index (κ1) is 14.0. The highest BCUT2D eigenvalue weighted by Gasteiger charge is 2.15. The standard InChI is InChI=1S/C14H8Cl4N2/c15-7-14-19-11-5-9(17)10(18)6-13(11)20(14)12-4-2-1-3-8(12)16/h1-6H,7H2. The van der Waals surface area contributed by atoms with E-state index in [1.165, 1.54) is 0 Å². The third-order valence-electron chi connectivity index (χ3n) is 2.98. The van der Waals surface area contributed by atoms with Crippen LogP contribution in [0.2, 0.25) is 15.1 Å². The number of nitrogens with zero attached hydrogens (tertiary/aromatic N) is 2. The zero-order valence-electron chi connectivity index (χ0n) is 10.1. The number of halogens is 4. The van der Waals surface area contributed by atoms with Crippen LogP contribution in [0.25, 0.3) is 16.7 Å². The number of fused-ring (bicyclic) bond motifs is 1. The van der Waals surface area contributed by atoms with Gasteiger partial charge in [0.1, 0.15) is 5.82 Å². The quantitative estimate of drug-likeness (QED) is 0.543. The molecular weight excluding hydrogens is 338 g/mol. The first-order valence-corrected chi connectivity index (χ1v) is 7.46. The molecule has 0 unspecified atom stereocenters. The number of benzene rings is 2. The maximum atomic E-state index is 6.27. The van der Waals surface area contributed by atoms with Gasteiger partial charge in [-0.2, -0.15) is 0 Å². The van der Waals surface area contributed by atoms with Crippen LogP contribution < -0.4 is 0 Å². The highest BCUT2D eigenvalue weighted by molar-refractivity contribution is 6.42. The van der Waals surface area contributed by atoms with Gasteiger partial charge in [0.05, 0.1) is 37.7 Å². The van der Waals surface area contributed by atoms with Crippen LogP contribution in [0.5, 0.6) is 0 Å². The molecule has 0 bridgehead atoms. The summed E-state index contributed by atoms with van der Waals surface area (Å²) in [6.45, 7) is 0. The number of para-hydroxylation sites is 1. The lowest BCUT2D eigenvalue weighted by molar-refractivity contribution is 0.982. The van der Waals surface area contributed by atoms with Gasteiger partial charge in [-0.3, -0.25) is 4.57 Å². The van der Waals surface area contributed by atoms with Crippen molar-refractivity contribution in [3.63, 3.8) is 0 Å². The molecule has 1 heterocycles. The molecule has 0 atom stereocenters. The molecule has 0 aliphatic heterocycles. The van der Waals surface area contributed by atoms with Crippen molar-refractivity contribution in [1.82, 2.24) is 9.55 Å². The molecule has 6 heteroatoms. The fourth-order valence-electron chi connectivity index (χ4n) is 2.11. The predicted octanol–water partition coefficient (Wildman–Crippen LogP) is 5.72. The van der Waals surface area contributed by atoms with Gasteiger partial charge in [0, 0.05) is 0 Å². The monoisotopic (exact) mass is 344 g/mol. The van der Waals surface area contributed by atoms with E-state index in [9.17, 15) is 0 Å². The van der Waals surface area contributed by atoms with Gasteiger partial charge in [-0.15, -0.1) is 11.6 Å². The smallest absolute Gasteiger partial charge is 0.129 e. The van der Waals surface area contributed by atoms with E-state index in [-0.39, 0.29) is 5.88 Å². The lowest BCUT2D eigenvalue weighted by atomic mass is 10.2. The largest absolute Gasteiger partial charge is 0.294 e. The Morgan fingerprint density at radius 2 is 1.65 bits per heavy atom. The summed E-state index contributed by atoms with van der Waals surface area (Å²) in [6, 6.07) is 11.0. The topological polar surface area (TPSA) is 17.8 Å². The molecule has 0 N–H and O–H groups in total. The summed E-state index contributed by atoms with van der Waals surface area (Å²) >= 11 is 24.4. The van der Waals surface area contributed by atoms with E-state index >= 15 is 0 Å². The van der Waals surface area contributed by atoms with Gasteiger partial charge < -0.3 is 0 Å². The maximum Gasteiger partial charge on any atom is 0.129 e. The lowest BCUT2D eigenvalue weighted by Crippen LogP contribution is -1.99. The Balaban J connectivity index is 2.39. The predicted molar refractivity (Wildman–Crippen MR) is 85.7 cm³/mol. The molecule has 0 radical (unpaired) electrons. The van der Waals surface area contributed by atoms with Gasteiger partial charge in [0.25, 0.3) is 0 Å². The van der Waals surface area contributed by atoms with Gasteiger partial charge >= 0.3 is 0 Å². The Bertz CT molecular complexity index is 795. The fourth-order valence-corrected chi connectivity index (χ4v) is 2.83. The molecule has 0 fully saturated rings. The van der Waals surface area contributed by atoms with Crippen molar-refractivity contribution in [3.8, 4) is 5.69 Å². The van der Waals surface area contributed by atoms with Gasteiger partial charge in [-0.05, 0) is 24.3 Å². The van der Waals surface area contributed by atoms with Crippen molar-refractivity contribution in [3.05, 3.63) is 57.3 Å². The molecule has 0 saturated heterocycles.